The van der Waals surface area contributed by atoms with Crippen LogP contribution in [0.2, 0.25) is 0 Å². The molecule has 0 aliphatic rings. The van der Waals surface area contributed by atoms with Crippen LogP contribution in [-0.4, -0.2) is 9.97 Å². The first-order chi connectivity index (χ1) is 11.4. The van der Waals surface area contributed by atoms with Crippen LogP contribution in [0.5, 0.6) is 0 Å². The Morgan fingerprint density at radius 3 is 1.96 bits per heavy atom. The molecular weight excluding hydrogens is 280 g/mol. The van der Waals surface area contributed by atoms with Gasteiger partial charge in [0.25, 0.3) is 0 Å². The van der Waals surface area contributed by atoms with Crippen LogP contribution in [0.25, 0.3) is 22.5 Å². The minimum Gasteiger partial charge on any atom is -0.236 e. The van der Waals surface area contributed by atoms with Crippen LogP contribution in [-0.2, 0) is 6.42 Å². The molecule has 23 heavy (non-hydrogen) atoms. The van der Waals surface area contributed by atoms with E-state index in [0.29, 0.717) is 0 Å². The average Bonchev–Trinajstić information content (AvgIpc) is 2.63. The van der Waals surface area contributed by atoms with Gasteiger partial charge in [0, 0.05) is 18.0 Å². The van der Waals surface area contributed by atoms with E-state index >= 15 is 0 Å². The third-order valence-corrected chi connectivity index (χ3v) is 4.02. The third kappa shape index (κ3) is 4.04. The molecule has 2 heteroatoms. The van der Waals surface area contributed by atoms with Crippen molar-refractivity contribution in [2.24, 2.45) is 0 Å². The largest absolute Gasteiger partial charge is 0.236 e. The van der Waals surface area contributed by atoms with Crippen molar-refractivity contribution in [1.82, 2.24) is 9.97 Å². The highest BCUT2D eigenvalue weighted by Crippen LogP contribution is 2.22. The van der Waals surface area contributed by atoms with E-state index in [1.165, 1.54) is 36.0 Å². The summed E-state index contributed by atoms with van der Waals surface area (Å²) in [7, 11) is 0. The van der Waals surface area contributed by atoms with E-state index in [1.807, 2.05) is 18.5 Å². The van der Waals surface area contributed by atoms with Gasteiger partial charge in [-0.1, -0.05) is 74.4 Å². The normalized spacial score (nSPS) is 10.7. The van der Waals surface area contributed by atoms with Gasteiger partial charge in [-0.15, -0.1) is 0 Å². The summed E-state index contributed by atoms with van der Waals surface area (Å²) in [6, 6.07) is 18.8. The maximum absolute atomic E-state index is 4.52. The highest BCUT2D eigenvalue weighted by molar-refractivity contribution is 5.67. The Labute approximate surface area is 138 Å². The minimum absolute atomic E-state index is 0.795. The number of hydrogen-bond donors (Lipinski definition) is 0. The molecule has 0 radical (unpaired) electrons. The van der Waals surface area contributed by atoms with E-state index in [-0.39, 0.29) is 0 Å². The number of aryl methyl sites for hydroxylation is 1. The van der Waals surface area contributed by atoms with Crippen molar-refractivity contribution in [1.29, 1.82) is 0 Å². The van der Waals surface area contributed by atoms with Crippen molar-refractivity contribution in [3.8, 4) is 22.5 Å². The number of nitrogens with zero attached hydrogens (tertiary/aromatic N) is 2. The summed E-state index contributed by atoms with van der Waals surface area (Å²) in [6.07, 6.45) is 8.72. The first kappa shape index (κ1) is 15.4. The molecule has 0 amide bonds. The Morgan fingerprint density at radius 2 is 1.30 bits per heavy atom. The molecule has 0 aliphatic heterocycles. The van der Waals surface area contributed by atoms with E-state index in [0.717, 1.165) is 17.8 Å². The van der Waals surface area contributed by atoms with Crippen LogP contribution in [0.4, 0.5) is 0 Å². The van der Waals surface area contributed by atoms with Crippen molar-refractivity contribution in [2.75, 3.05) is 0 Å². The molecule has 0 saturated carbocycles. The van der Waals surface area contributed by atoms with Crippen molar-refractivity contribution in [3.63, 3.8) is 0 Å². The zero-order valence-corrected chi connectivity index (χ0v) is 13.6. The quantitative estimate of drug-likeness (QED) is 0.558. The molecule has 1 heterocycles. The van der Waals surface area contributed by atoms with Crippen LogP contribution in [0.3, 0.4) is 0 Å². The molecule has 3 aromatic rings. The smallest absolute Gasteiger partial charge is 0.159 e. The maximum Gasteiger partial charge on any atom is 0.159 e. The number of unbranched alkanes of at least 4 members (excludes halogenated alkanes) is 2. The Kier molecular flexibility index (Phi) is 5.15. The zero-order chi connectivity index (χ0) is 15.9. The first-order valence-corrected chi connectivity index (χ1v) is 8.33. The second-order valence-electron chi connectivity index (χ2n) is 5.82. The lowest BCUT2D eigenvalue weighted by Crippen LogP contribution is -1.93. The molecule has 3 rings (SSSR count). The van der Waals surface area contributed by atoms with Gasteiger partial charge in [-0.05, 0) is 29.5 Å². The second kappa shape index (κ2) is 7.68. The van der Waals surface area contributed by atoms with E-state index in [1.54, 1.807) is 0 Å². The summed E-state index contributed by atoms with van der Waals surface area (Å²) < 4.78 is 0. The fourth-order valence-electron chi connectivity index (χ4n) is 2.65. The molecule has 0 unspecified atom stereocenters. The summed E-state index contributed by atoms with van der Waals surface area (Å²) >= 11 is 0. The summed E-state index contributed by atoms with van der Waals surface area (Å²) in [5.41, 5.74) is 4.73. The highest BCUT2D eigenvalue weighted by Gasteiger charge is 2.03. The molecule has 2 nitrogen and oxygen atoms in total. The molecule has 0 atom stereocenters. The SMILES string of the molecule is CCCCCc1cnc(-c2ccc(-c3ccccc3)cc2)nc1. The molecule has 0 bridgehead atoms. The molecule has 0 N–H and O–H groups in total. The first-order valence-electron chi connectivity index (χ1n) is 8.33. The average molecular weight is 302 g/mol. The van der Waals surface area contributed by atoms with Gasteiger partial charge in [-0.25, -0.2) is 9.97 Å². The minimum atomic E-state index is 0.795. The van der Waals surface area contributed by atoms with Gasteiger partial charge in [0.15, 0.2) is 5.82 Å². The maximum atomic E-state index is 4.52. The lowest BCUT2D eigenvalue weighted by Gasteiger charge is -2.05. The molecule has 0 spiro atoms. The fraction of sp³-hybridized carbons (Fsp3) is 0.238. The second-order valence-corrected chi connectivity index (χ2v) is 5.82. The topological polar surface area (TPSA) is 25.8 Å². The van der Waals surface area contributed by atoms with Crippen molar-refractivity contribution in [2.45, 2.75) is 32.6 Å². The molecule has 1 aromatic heterocycles. The summed E-state index contributed by atoms with van der Waals surface area (Å²) in [6.45, 7) is 2.22. The van der Waals surface area contributed by atoms with E-state index < -0.39 is 0 Å². The van der Waals surface area contributed by atoms with Gasteiger partial charge in [0.05, 0.1) is 0 Å². The van der Waals surface area contributed by atoms with Gasteiger partial charge >= 0.3 is 0 Å². The Bertz CT molecular complexity index is 716. The van der Waals surface area contributed by atoms with E-state index in [9.17, 15) is 0 Å². The van der Waals surface area contributed by atoms with Gasteiger partial charge in [-0.3, -0.25) is 0 Å². The fourth-order valence-corrected chi connectivity index (χ4v) is 2.65. The number of rotatable bonds is 6. The lowest BCUT2D eigenvalue weighted by atomic mass is 10.0. The highest BCUT2D eigenvalue weighted by atomic mass is 14.9. The Morgan fingerprint density at radius 1 is 0.696 bits per heavy atom. The van der Waals surface area contributed by atoms with Gasteiger partial charge in [-0.2, -0.15) is 0 Å². The van der Waals surface area contributed by atoms with Crippen LogP contribution >= 0.6 is 0 Å². The van der Waals surface area contributed by atoms with Crippen molar-refractivity contribution in [3.05, 3.63) is 72.6 Å². The molecule has 0 saturated heterocycles. The monoisotopic (exact) mass is 302 g/mol. The van der Waals surface area contributed by atoms with Gasteiger partial charge < -0.3 is 0 Å². The summed E-state index contributed by atoms with van der Waals surface area (Å²) in [5, 5.41) is 0. The van der Waals surface area contributed by atoms with Crippen LogP contribution in [0, 0.1) is 0 Å². The third-order valence-electron chi connectivity index (χ3n) is 4.02. The predicted molar refractivity (Wildman–Crippen MR) is 96.1 cm³/mol. The number of hydrogen-bond acceptors (Lipinski definition) is 2. The summed E-state index contributed by atoms with van der Waals surface area (Å²) in [5.74, 6) is 0.795. The molecule has 0 fully saturated rings. The van der Waals surface area contributed by atoms with Crippen LogP contribution in [0.1, 0.15) is 31.7 Å². The number of aromatic nitrogens is 2. The van der Waals surface area contributed by atoms with Crippen LogP contribution in [0.15, 0.2) is 67.0 Å². The molecule has 0 aliphatic carbocycles. The van der Waals surface area contributed by atoms with E-state index in [4.69, 9.17) is 0 Å². The van der Waals surface area contributed by atoms with Crippen LogP contribution < -0.4 is 0 Å². The van der Waals surface area contributed by atoms with E-state index in [2.05, 4.69) is 65.4 Å². The van der Waals surface area contributed by atoms with Crippen molar-refractivity contribution >= 4 is 0 Å². The molecule has 116 valence electrons. The Hall–Kier alpha value is -2.48. The Balaban J connectivity index is 1.72. The van der Waals surface area contributed by atoms with Gasteiger partial charge in [0.2, 0.25) is 0 Å². The predicted octanol–water partition coefficient (Wildman–Crippen LogP) is 5.54. The van der Waals surface area contributed by atoms with Crippen molar-refractivity contribution < 1.29 is 0 Å². The molecule has 2 aromatic carbocycles. The molecular formula is C21H22N2. The standard InChI is InChI=1S/C21H22N2/c1-2-3-5-8-17-15-22-21(23-16-17)20-13-11-19(12-14-20)18-9-6-4-7-10-18/h4,6-7,9-16H,2-3,5,8H2,1H3. The lowest BCUT2D eigenvalue weighted by molar-refractivity contribution is 0.714. The van der Waals surface area contributed by atoms with Gasteiger partial charge in [0.1, 0.15) is 0 Å². The zero-order valence-electron chi connectivity index (χ0n) is 13.6. The number of benzene rings is 2. The summed E-state index contributed by atoms with van der Waals surface area (Å²) in [4.78, 5) is 9.04.